The molecule has 5 N–H and O–H groups in total. The molecule has 0 spiro atoms. The number of β-amino-alcohol motifs (C(OH)–C–C–N with tert-alkyl or cyclic N) is 2. The van der Waals surface area contributed by atoms with Crippen LogP contribution in [-0.2, 0) is 0 Å². The molecule has 6 heteroatoms. The van der Waals surface area contributed by atoms with Crippen molar-refractivity contribution in [1.82, 2.24) is 0 Å². The molecule has 0 radical (unpaired) electrons. The van der Waals surface area contributed by atoms with Gasteiger partial charge < -0.3 is 20.8 Å². The van der Waals surface area contributed by atoms with E-state index in [4.69, 9.17) is 11.1 Å². The van der Waals surface area contributed by atoms with Crippen LogP contribution in [0.4, 0.5) is 5.69 Å². The third-order valence-corrected chi connectivity index (χ3v) is 3.87. The van der Waals surface area contributed by atoms with E-state index in [2.05, 4.69) is 0 Å². The van der Waals surface area contributed by atoms with Gasteiger partial charge in [0, 0.05) is 23.7 Å². The van der Waals surface area contributed by atoms with Crippen molar-refractivity contribution in [3.05, 3.63) is 23.8 Å². The number of thioether (sulfide) groups is 1. The van der Waals surface area contributed by atoms with Gasteiger partial charge in [-0.1, -0.05) is 6.07 Å². The van der Waals surface area contributed by atoms with E-state index in [1.54, 1.807) is 0 Å². The van der Waals surface area contributed by atoms with Crippen LogP contribution in [0.3, 0.4) is 0 Å². The summed E-state index contributed by atoms with van der Waals surface area (Å²) in [5, 5.41) is 26.9. The van der Waals surface area contributed by atoms with E-state index < -0.39 is 12.2 Å². The first-order valence-electron chi connectivity index (χ1n) is 5.67. The number of hydrogen-bond donors (Lipinski definition) is 4. The molecule has 0 amide bonds. The second-order valence-electron chi connectivity index (χ2n) is 4.31. The molecule has 2 atom stereocenters. The first kappa shape index (κ1) is 13.2. The number of rotatable bonds is 3. The molecule has 0 aliphatic carbocycles. The zero-order chi connectivity index (χ0) is 13.3. The molecule has 1 saturated heterocycles. The SMILES string of the molecule is CSc1cccc(N2CC(O)C(O)C2)c1C(=N)N. The van der Waals surface area contributed by atoms with Crippen molar-refractivity contribution in [3.8, 4) is 0 Å². The van der Waals surface area contributed by atoms with Crippen LogP contribution in [0.1, 0.15) is 5.56 Å². The Morgan fingerprint density at radius 1 is 1.39 bits per heavy atom. The van der Waals surface area contributed by atoms with Gasteiger partial charge >= 0.3 is 0 Å². The van der Waals surface area contributed by atoms with Gasteiger partial charge in [0.05, 0.1) is 17.8 Å². The number of nitrogens with zero attached hydrogens (tertiary/aromatic N) is 1. The maximum Gasteiger partial charge on any atom is 0.126 e. The van der Waals surface area contributed by atoms with Crippen molar-refractivity contribution >= 4 is 23.3 Å². The molecule has 2 unspecified atom stereocenters. The minimum absolute atomic E-state index is 0.00540. The number of anilines is 1. The van der Waals surface area contributed by atoms with E-state index in [9.17, 15) is 10.2 Å². The molecule has 1 fully saturated rings. The van der Waals surface area contributed by atoms with Crippen LogP contribution in [0, 0.1) is 5.41 Å². The minimum Gasteiger partial charge on any atom is -0.389 e. The summed E-state index contributed by atoms with van der Waals surface area (Å²) >= 11 is 1.53. The lowest BCUT2D eigenvalue weighted by molar-refractivity contribution is 0.0572. The Morgan fingerprint density at radius 2 is 2.00 bits per heavy atom. The largest absolute Gasteiger partial charge is 0.389 e. The number of nitrogens with one attached hydrogen (secondary N) is 1. The molecular formula is C12H17N3O2S. The molecule has 1 aromatic rings. The van der Waals surface area contributed by atoms with E-state index in [0.717, 1.165) is 10.6 Å². The molecular weight excluding hydrogens is 250 g/mol. The summed E-state index contributed by atoms with van der Waals surface area (Å²) in [5.74, 6) is 0.00540. The van der Waals surface area contributed by atoms with E-state index in [-0.39, 0.29) is 5.84 Å². The first-order chi connectivity index (χ1) is 8.54. The first-order valence-corrected chi connectivity index (χ1v) is 6.89. The number of aliphatic hydroxyl groups excluding tert-OH is 2. The standard InChI is InChI=1S/C12H17N3O2S/c1-18-10-4-2-3-7(11(10)12(13)14)15-5-8(16)9(17)6-15/h2-4,8-9,16-17H,5-6H2,1H3,(H3,13,14). The third kappa shape index (κ3) is 2.31. The Bertz CT molecular complexity index is 457. The predicted molar refractivity (Wildman–Crippen MR) is 73.5 cm³/mol. The fourth-order valence-electron chi connectivity index (χ4n) is 2.19. The topological polar surface area (TPSA) is 93.6 Å². The highest BCUT2D eigenvalue weighted by Gasteiger charge is 2.31. The fraction of sp³-hybridized carbons (Fsp3) is 0.417. The Kier molecular flexibility index (Phi) is 3.79. The monoisotopic (exact) mass is 267 g/mol. The van der Waals surface area contributed by atoms with Crippen molar-refractivity contribution in [2.45, 2.75) is 17.1 Å². The van der Waals surface area contributed by atoms with Crippen LogP contribution < -0.4 is 10.6 Å². The Morgan fingerprint density at radius 3 is 2.50 bits per heavy atom. The maximum absolute atomic E-state index is 9.60. The fourth-order valence-corrected chi connectivity index (χ4v) is 2.82. The van der Waals surface area contributed by atoms with Crippen molar-refractivity contribution < 1.29 is 10.2 Å². The van der Waals surface area contributed by atoms with Gasteiger partial charge in [-0.25, -0.2) is 0 Å². The number of nitrogen functional groups attached to an aromatic ring is 1. The molecule has 0 aromatic heterocycles. The summed E-state index contributed by atoms with van der Waals surface area (Å²) in [4.78, 5) is 2.79. The van der Waals surface area contributed by atoms with Gasteiger partial charge in [-0.2, -0.15) is 0 Å². The molecule has 0 saturated carbocycles. The van der Waals surface area contributed by atoms with E-state index in [1.165, 1.54) is 11.8 Å². The van der Waals surface area contributed by atoms with Crippen LogP contribution in [-0.4, -0.2) is 47.6 Å². The summed E-state index contributed by atoms with van der Waals surface area (Å²) in [6, 6.07) is 5.67. The number of amidine groups is 1. The van der Waals surface area contributed by atoms with Gasteiger partial charge in [0.1, 0.15) is 5.84 Å². The number of aliphatic hydroxyl groups is 2. The molecule has 1 aliphatic rings. The van der Waals surface area contributed by atoms with Crippen LogP contribution in [0.25, 0.3) is 0 Å². The van der Waals surface area contributed by atoms with Crippen molar-refractivity contribution in [3.63, 3.8) is 0 Å². The van der Waals surface area contributed by atoms with Crippen molar-refractivity contribution in [2.75, 3.05) is 24.2 Å². The number of nitrogens with two attached hydrogens (primary N) is 1. The van der Waals surface area contributed by atoms with Crippen molar-refractivity contribution in [1.29, 1.82) is 5.41 Å². The average molecular weight is 267 g/mol. The van der Waals surface area contributed by atoms with Crippen LogP contribution in [0.5, 0.6) is 0 Å². The summed E-state index contributed by atoms with van der Waals surface area (Å²) in [6.07, 6.45) is 0.435. The van der Waals surface area contributed by atoms with Gasteiger partial charge in [0.15, 0.2) is 0 Å². The zero-order valence-electron chi connectivity index (χ0n) is 10.1. The van der Waals surface area contributed by atoms with Gasteiger partial charge in [-0.3, -0.25) is 5.41 Å². The van der Waals surface area contributed by atoms with Gasteiger partial charge in [0.2, 0.25) is 0 Å². The molecule has 1 heterocycles. The Balaban J connectivity index is 2.42. The smallest absolute Gasteiger partial charge is 0.126 e. The molecule has 0 bridgehead atoms. The number of benzene rings is 1. The summed E-state index contributed by atoms with van der Waals surface area (Å²) in [7, 11) is 0. The molecule has 98 valence electrons. The summed E-state index contributed by atoms with van der Waals surface area (Å²) in [6.45, 7) is 0.721. The van der Waals surface area contributed by atoms with E-state index >= 15 is 0 Å². The van der Waals surface area contributed by atoms with E-state index in [1.807, 2.05) is 29.4 Å². The Labute approximate surface area is 110 Å². The lowest BCUT2D eigenvalue weighted by atomic mass is 10.1. The van der Waals surface area contributed by atoms with Crippen LogP contribution in [0.15, 0.2) is 23.1 Å². The quantitative estimate of drug-likeness (QED) is 0.357. The third-order valence-electron chi connectivity index (χ3n) is 3.09. The maximum atomic E-state index is 9.60. The summed E-state index contributed by atoms with van der Waals surface area (Å²) in [5.41, 5.74) is 7.11. The van der Waals surface area contributed by atoms with Crippen LogP contribution >= 0.6 is 11.8 Å². The molecule has 5 nitrogen and oxygen atoms in total. The molecule has 18 heavy (non-hydrogen) atoms. The minimum atomic E-state index is -0.747. The average Bonchev–Trinajstić information content (AvgIpc) is 2.68. The lowest BCUT2D eigenvalue weighted by Crippen LogP contribution is -2.25. The second-order valence-corrected chi connectivity index (χ2v) is 5.16. The number of hydrogen-bond acceptors (Lipinski definition) is 5. The predicted octanol–water partition coefficient (Wildman–Crippen LogP) is 0.234. The van der Waals surface area contributed by atoms with E-state index in [0.29, 0.717) is 18.7 Å². The van der Waals surface area contributed by atoms with Gasteiger partial charge in [0.25, 0.3) is 0 Å². The Hall–Kier alpha value is -1.24. The normalized spacial score (nSPS) is 23.4. The van der Waals surface area contributed by atoms with Crippen molar-refractivity contribution in [2.24, 2.45) is 5.73 Å². The lowest BCUT2D eigenvalue weighted by Gasteiger charge is -2.22. The second kappa shape index (κ2) is 5.17. The van der Waals surface area contributed by atoms with Gasteiger partial charge in [-0.15, -0.1) is 11.8 Å². The highest BCUT2D eigenvalue weighted by Crippen LogP contribution is 2.31. The van der Waals surface area contributed by atoms with Crippen LogP contribution in [0.2, 0.25) is 0 Å². The highest BCUT2D eigenvalue weighted by molar-refractivity contribution is 7.98. The van der Waals surface area contributed by atoms with Gasteiger partial charge in [-0.05, 0) is 18.4 Å². The zero-order valence-corrected chi connectivity index (χ0v) is 10.9. The molecule has 1 aliphatic heterocycles. The molecule has 1 aromatic carbocycles. The molecule has 2 rings (SSSR count). The summed E-state index contributed by atoms with van der Waals surface area (Å²) < 4.78 is 0. The highest BCUT2D eigenvalue weighted by atomic mass is 32.2.